The van der Waals surface area contributed by atoms with Gasteiger partial charge in [-0.2, -0.15) is 0 Å². The standard InChI is InChI=1S/C17H16ClNO2/c18-14-7-5-13(6-8-14)17(12-3-4-12)19-16(20)10-9-15-2-1-11-21-15/h1-2,5-12,17H,3-4H2,(H,19,20)/b10-9+. The minimum atomic E-state index is -0.113. The number of benzene rings is 1. The van der Waals surface area contributed by atoms with Crippen molar-refractivity contribution in [2.45, 2.75) is 18.9 Å². The Morgan fingerprint density at radius 2 is 2.05 bits per heavy atom. The second kappa shape index (κ2) is 6.19. The summed E-state index contributed by atoms with van der Waals surface area (Å²) < 4.78 is 5.17. The lowest BCUT2D eigenvalue weighted by atomic mass is 10.0. The summed E-state index contributed by atoms with van der Waals surface area (Å²) in [6.45, 7) is 0. The normalized spacial score (nSPS) is 16.0. The quantitative estimate of drug-likeness (QED) is 0.840. The van der Waals surface area contributed by atoms with Crippen LogP contribution in [-0.2, 0) is 4.79 Å². The first-order valence-corrected chi connectivity index (χ1v) is 7.38. The van der Waals surface area contributed by atoms with E-state index in [-0.39, 0.29) is 11.9 Å². The molecule has 1 atom stereocenters. The number of rotatable bonds is 5. The van der Waals surface area contributed by atoms with Gasteiger partial charge in [0.15, 0.2) is 0 Å². The molecule has 1 aliphatic carbocycles. The maximum absolute atomic E-state index is 12.1. The molecule has 1 saturated carbocycles. The molecule has 1 fully saturated rings. The van der Waals surface area contributed by atoms with Crippen LogP contribution in [0.5, 0.6) is 0 Å². The minimum absolute atomic E-state index is 0.0519. The first-order valence-electron chi connectivity index (χ1n) is 7.00. The minimum Gasteiger partial charge on any atom is -0.465 e. The molecule has 3 nitrogen and oxygen atoms in total. The van der Waals surface area contributed by atoms with E-state index in [2.05, 4.69) is 5.32 Å². The highest BCUT2D eigenvalue weighted by molar-refractivity contribution is 6.30. The fourth-order valence-electron chi connectivity index (χ4n) is 2.32. The van der Waals surface area contributed by atoms with Crippen LogP contribution in [0, 0.1) is 5.92 Å². The van der Waals surface area contributed by atoms with E-state index in [1.165, 1.54) is 6.08 Å². The van der Waals surface area contributed by atoms with E-state index in [1.54, 1.807) is 24.5 Å². The fraction of sp³-hybridized carbons (Fsp3) is 0.235. The molecule has 1 heterocycles. The summed E-state index contributed by atoms with van der Waals surface area (Å²) in [6.07, 6.45) is 7.05. The van der Waals surface area contributed by atoms with Gasteiger partial charge in [-0.1, -0.05) is 23.7 Å². The molecule has 1 aromatic heterocycles. The molecule has 0 saturated heterocycles. The zero-order valence-corrected chi connectivity index (χ0v) is 12.2. The molecule has 0 bridgehead atoms. The number of hydrogen-bond donors (Lipinski definition) is 1. The van der Waals surface area contributed by atoms with Gasteiger partial charge in [-0.3, -0.25) is 4.79 Å². The number of carbonyl (C=O) groups is 1. The summed E-state index contributed by atoms with van der Waals surface area (Å²) in [6, 6.07) is 11.3. The average molecular weight is 302 g/mol. The Labute approximate surface area is 128 Å². The van der Waals surface area contributed by atoms with E-state index in [0.717, 1.165) is 18.4 Å². The number of amides is 1. The molecule has 1 aliphatic rings. The molecule has 1 N–H and O–H groups in total. The highest BCUT2D eigenvalue weighted by Crippen LogP contribution is 2.41. The number of hydrogen-bond acceptors (Lipinski definition) is 2. The molecule has 0 spiro atoms. The number of carbonyl (C=O) groups excluding carboxylic acids is 1. The Balaban J connectivity index is 1.68. The molecule has 108 valence electrons. The topological polar surface area (TPSA) is 42.2 Å². The molecular weight excluding hydrogens is 286 g/mol. The largest absolute Gasteiger partial charge is 0.465 e. The number of nitrogens with one attached hydrogen (secondary N) is 1. The lowest BCUT2D eigenvalue weighted by Gasteiger charge is -2.17. The lowest BCUT2D eigenvalue weighted by molar-refractivity contribution is -0.117. The maximum atomic E-state index is 12.1. The molecule has 1 unspecified atom stereocenters. The van der Waals surface area contributed by atoms with Crippen LogP contribution in [-0.4, -0.2) is 5.91 Å². The van der Waals surface area contributed by atoms with Crippen LogP contribution >= 0.6 is 11.6 Å². The predicted octanol–water partition coefficient (Wildman–Crippen LogP) is 4.21. The van der Waals surface area contributed by atoms with Crippen LogP contribution in [0.25, 0.3) is 6.08 Å². The van der Waals surface area contributed by atoms with Crippen molar-refractivity contribution in [2.75, 3.05) is 0 Å². The number of furan rings is 1. The summed E-state index contributed by atoms with van der Waals surface area (Å²) in [7, 11) is 0. The summed E-state index contributed by atoms with van der Waals surface area (Å²) in [4.78, 5) is 12.1. The van der Waals surface area contributed by atoms with E-state index in [4.69, 9.17) is 16.0 Å². The first kappa shape index (κ1) is 14.0. The van der Waals surface area contributed by atoms with Gasteiger partial charge in [-0.25, -0.2) is 0 Å². The summed E-state index contributed by atoms with van der Waals surface area (Å²) in [5.74, 6) is 1.07. The highest BCUT2D eigenvalue weighted by Gasteiger charge is 2.33. The van der Waals surface area contributed by atoms with Crippen molar-refractivity contribution in [2.24, 2.45) is 5.92 Å². The van der Waals surface area contributed by atoms with E-state index >= 15 is 0 Å². The zero-order valence-electron chi connectivity index (χ0n) is 11.5. The Morgan fingerprint density at radius 1 is 1.29 bits per heavy atom. The van der Waals surface area contributed by atoms with Crippen molar-refractivity contribution in [3.05, 3.63) is 65.1 Å². The molecule has 21 heavy (non-hydrogen) atoms. The second-order valence-corrected chi connectivity index (χ2v) is 5.66. The van der Waals surface area contributed by atoms with Gasteiger partial charge in [0, 0.05) is 11.1 Å². The van der Waals surface area contributed by atoms with Crippen LogP contribution in [0.3, 0.4) is 0 Å². The third kappa shape index (κ3) is 3.76. The molecule has 1 amide bonds. The van der Waals surface area contributed by atoms with Crippen molar-refractivity contribution < 1.29 is 9.21 Å². The second-order valence-electron chi connectivity index (χ2n) is 5.22. The van der Waals surface area contributed by atoms with Gasteiger partial charge >= 0.3 is 0 Å². The molecule has 3 rings (SSSR count). The smallest absolute Gasteiger partial charge is 0.244 e. The van der Waals surface area contributed by atoms with E-state index in [1.807, 2.05) is 24.3 Å². The Hall–Kier alpha value is -2.00. The monoisotopic (exact) mass is 301 g/mol. The van der Waals surface area contributed by atoms with Crippen molar-refractivity contribution in [3.8, 4) is 0 Å². The molecule has 0 aliphatic heterocycles. The zero-order chi connectivity index (χ0) is 14.7. The molecular formula is C17H16ClNO2. The molecule has 2 aromatic rings. The predicted molar refractivity (Wildman–Crippen MR) is 82.8 cm³/mol. The van der Waals surface area contributed by atoms with Crippen LogP contribution < -0.4 is 5.32 Å². The van der Waals surface area contributed by atoms with Crippen LogP contribution in [0.1, 0.15) is 30.2 Å². The summed E-state index contributed by atoms with van der Waals surface area (Å²) in [5, 5.41) is 3.77. The lowest BCUT2D eigenvalue weighted by Crippen LogP contribution is -2.28. The van der Waals surface area contributed by atoms with Crippen LogP contribution in [0.4, 0.5) is 0 Å². The Bertz CT molecular complexity index is 627. The summed E-state index contributed by atoms with van der Waals surface area (Å²) >= 11 is 5.92. The fourth-order valence-corrected chi connectivity index (χ4v) is 2.44. The van der Waals surface area contributed by atoms with Crippen molar-refractivity contribution in [1.29, 1.82) is 0 Å². The van der Waals surface area contributed by atoms with Gasteiger partial charge in [-0.05, 0) is 54.7 Å². The van der Waals surface area contributed by atoms with Gasteiger partial charge in [0.25, 0.3) is 0 Å². The third-order valence-electron chi connectivity index (χ3n) is 3.56. The highest BCUT2D eigenvalue weighted by atomic mass is 35.5. The van der Waals surface area contributed by atoms with Crippen molar-refractivity contribution in [3.63, 3.8) is 0 Å². The van der Waals surface area contributed by atoms with Crippen LogP contribution in [0.2, 0.25) is 5.02 Å². The Morgan fingerprint density at radius 3 is 2.67 bits per heavy atom. The van der Waals surface area contributed by atoms with E-state index in [9.17, 15) is 4.79 Å². The molecule has 0 radical (unpaired) electrons. The number of halogens is 1. The first-order chi connectivity index (χ1) is 10.2. The molecule has 1 aromatic carbocycles. The van der Waals surface area contributed by atoms with Gasteiger partial charge < -0.3 is 9.73 Å². The van der Waals surface area contributed by atoms with Gasteiger partial charge in [0.05, 0.1) is 12.3 Å². The Kier molecular flexibility index (Phi) is 4.11. The third-order valence-corrected chi connectivity index (χ3v) is 3.81. The maximum Gasteiger partial charge on any atom is 0.244 e. The van der Waals surface area contributed by atoms with E-state index in [0.29, 0.717) is 16.7 Å². The summed E-state index contributed by atoms with van der Waals surface area (Å²) in [5.41, 5.74) is 1.10. The van der Waals surface area contributed by atoms with Gasteiger partial charge in [0.2, 0.25) is 5.91 Å². The average Bonchev–Trinajstić information content (AvgIpc) is 3.19. The van der Waals surface area contributed by atoms with Crippen molar-refractivity contribution >= 4 is 23.6 Å². The van der Waals surface area contributed by atoms with Crippen molar-refractivity contribution in [1.82, 2.24) is 5.32 Å². The van der Waals surface area contributed by atoms with E-state index < -0.39 is 0 Å². The van der Waals surface area contributed by atoms with Gasteiger partial charge in [0.1, 0.15) is 5.76 Å². The molecule has 4 heteroatoms. The van der Waals surface area contributed by atoms with Crippen LogP contribution in [0.15, 0.2) is 53.2 Å². The SMILES string of the molecule is O=C(/C=C/c1ccco1)NC(c1ccc(Cl)cc1)C1CC1. The van der Waals surface area contributed by atoms with Gasteiger partial charge in [-0.15, -0.1) is 0 Å².